The molecule has 0 radical (unpaired) electrons. The van der Waals surface area contributed by atoms with Crippen LogP contribution >= 0.6 is 0 Å². The van der Waals surface area contributed by atoms with Gasteiger partial charge in [0.25, 0.3) is 0 Å². The lowest BCUT2D eigenvalue weighted by Crippen LogP contribution is -2.22. The van der Waals surface area contributed by atoms with Gasteiger partial charge in [0.15, 0.2) is 6.29 Å². The van der Waals surface area contributed by atoms with Crippen LogP contribution in [0.1, 0.15) is 37.0 Å². The van der Waals surface area contributed by atoms with E-state index in [0.29, 0.717) is 23.4 Å². The van der Waals surface area contributed by atoms with Crippen molar-refractivity contribution in [1.82, 2.24) is 20.3 Å². The van der Waals surface area contributed by atoms with Gasteiger partial charge in [-0.3, -0.25) is 9.59 Å². The Morgan fingerprint density at radius 3 is 2.65 bits per heavy atom. The highest BCUT2D eigenvalue weighted by Crippen LogP contribution is 2.20. The Balaban J connectivity index is 0.000000956. The molecule has 2 rings (SSSR count). The molecule has 0 aromatic carbocycles. The summed E-state index contributed by atoms with van der Waals surface area (Å²) < 4.78 is 1.50. The lowest BCUT2D eigenvalue weighted by Gasteiger charge is -2.08. The van der Waals surface area contributed by atoms with Crippen LogP contribution in [0.3, 0.4) is 0 Å². The van der Waals surface area contributed by atoms with Crippen molar-refractivity contribution in [3.8, 4) is 0 Å². The van der Waals surface area contributed by atoms with Gasteiger partial charge in [0.05, 0.1) is 23.5 Å². The fourth-order valence-corrected chi connectivity index (χ4v) is 1.81. The Morgan fingerprint density at radius 2 is 2.10 bits per heavy atom. The summed E-state index contributed by atoms with van der Waals surface area (Å²) in [5.74, 6) is -0.216. The van der Waals surface area contributed by atoms with E-state index in [1.54, 1.807) is 18.2 Å². The van der Waals surface area contributed by atoms with Crippen LogP contribution in [0.2, 0.25) is 0 Å². The van der Waals surface area contributed by atoms with Crippen LogP contribution < -0.4 is 5.32 Å². The molecule has 106 valence electrons. The second kappa shape index (κ2) is 7.18. The minimum absolute atomic E-state index is 0.0624. The van der Waals surface area contributed by atoms with Crippen LogP contribution in [-0.2, 0) is 11.2 Å². The van der Waals surface area contributed by atoms with Gasteiger partial charge in [-0.2, -0.15) is 0 Å². The lowest BCUT2D eigenvalue weighted by molar-refractivity contribution is -0.119. The topological polar surface area (TPSA) is 76.9 Å². The molecule has 2 heterocycles. The van der Waals surface area contributed by atoms with Crippen molar-refractivity contribution in [3.63, 3.8) is 0 Å². The number of aromatic nitrogens is 3. The third-order valence-electron chi connectivity index (χ3n) is 2.57. The van der Waals surface area contributed by atoms with Gasteiger partial charge in [-0.05, 0) is 13.0 Å². The highest BCUT2D eigenvalue weighted by atomic mass is 16.1. The van der Waals surface area contributed by atoms with Crippen LogP contribution in [-0.4, -0.2) is 27.2 Å². The van der Waals surface area contributed by atoms with Crippen LogP contribution in [0.4, 0.5) is 0 Å². The summed E-state index contributed by atoms with van der Waals surface area (Å²) in [6, 6.07) is 0. The first-order valence-electron chi connectivity index (χ1n) is 6.40. The lowest BCUT2D eigenvalue weighted by atomic mass is 10.2. The molecule has 0 aliphatic carbocycles. The Kier molecular flexibility index (Phi) is 5.58. The molecule has 0 saturated carbocycles. The van der Waals surface area contributed by atoms with Gasteiger partial charge in [0, 0.05) is 0 Å². The molecule has 6 nitrogen and oxygen atoms in total. The molecule has 1 amide bonds. The normalized spacial score (nSPS) is 17.6. The van der Waals surface area contributed by atoms with Crippen molar-refractivity contribution in [2.45, 2.75) is 27.2 Å². The summed E-state index contributed by atoms with van der Waals surface area (Å²) in [6.45, 7) is 9.42. The molecular weight excluding hydrogens is 256 g/mol. The molecule has 6 heteroatoms. The third-order valence-corrected chi connectivity index (χ3v) is 2.57. The highest BCUT2D eigenvalue weighted by Gasteiger charge is 2.24. The molecule has 1 aromatic rings. The average Bonchev–Trinajstić information content (AvgIpc) is 2.79. The molecule has 0 saturated heterocycles. The van der Waals surface area contributed by atoms with E-state index in [9.17, 15) is 9.59 Å². The molecule has 0 spiro atoms. The summed E-state index contributed by atoms with van der Waals surface area (Å²) in [4.78, 5) is 22.6. The predicted molar refractivity (Wildman–Crippen MR) is 76.8 cm³/mol. The third kappa shape index (κ3) is 2.90. The van der Waals surface area contributed by atoms with Crippen molar-refractivity contribution in [3.05, 3.63) is 41.9 Å². The van der Waals surface area contributed by atoms with E-state index in [1.165, 1.54) is 4.68 Å². The first-order chi connectivity index (χ1) is 9.71. The summed E-state index contributed by atoms with van der Waals surface area (Å²) in [5.41, 5.74) is 1.92. The molecule has 0 atom stereocenters. The number of nitrogens with zero attached hydrogens (tertiary/aromatic N) is 3. The number of rotatable bonds is 2. The van der Waals surface area contributed by atoms with Crippen molar-refractivity contribution in [1.29, 1.82) is 0 Å². The van der Waals surface area contributed by atoms with Gasteiger partial charge >= 0.3 is 0 Å². The minimum Gasteiger partial charge on any atom is -0.324 e. The number of aldehydes is 1. The van der Waals surface area contributed by atoms with Crippen LogP contribution in [0, 0.1) is 0 Å². The minimum atomic E-state index is -0.216. The van der Waals surface area contributed by atoms with Crippen molar-refractivity contribution >= 4 is 17.9 Å². The van der Waals surface area contributed by atoms with E-state index in [4.69, 9.17) is 0 Å². The number of hydrogen-bond acceptors (Lipinski definition) is 4. The van der Waals surface area contributed by atoms with Gasteiger partial charge in [-0.15, -0.1) is 5.10 Å². The van der Waals surface area contributed by atoms with E-state index in [-0.39, 0.29) is 18.0 Å². The first kappa shape index (κ1) is 15.6. The maximum atomic E-state index is 11.8. The summed E-state index contributed by atoms with van der Waals surface area (Å²) in [6.07, 6.45) is 5.69. The smallest absolute Gasteiger partial charge is 0.230 e. The molecule has 0 fully saturated rings. The molecule has 1 N–H and O–H groups in total. The van der Waals surface area contributed by atoms with Gasteiger partial charge in [-0.25, -0.2) is 4.68 Å². The maximum absolute atomic E-state index is 11.8. The highest BCUT2D eigenvalue weighted by molar-refractivity contribution is 5.88. The molecule has 0 unspecified atom stereocenters. The standard InChI is InChI=1S/C12H12N4O2.C2H6/c1-3-5-8-10(4-2)16-11(6-12(18)13-8)9(7-17)14-15-16;1-2/h3-5,7H,1,6H2,2H3,(H,13,18);1-2H3/b8-5+,10-4+;. The van der Waals surface area contributed by atoms with Crippen LogP contribution in [0.15, 0.2) is 30.5 Å². The molecule has 1 aliphatic heterocycles. The fourth-order valence-electron chi connectivity index (χ4n) is 1.81. The summed E-state index contributed by atoms with van der Waals surface area (Å²) >= 11 is 0. The average molecular weight is 274 g/mol. The van der Waals surface area contributed by atoms with E-state index in [0.717, 1.165) is 0 Å². The van der Waals surface area contributed by atoms with Crippen molar-refractivity contribution in [2.24, 2.45) is 0 Å². The van der Waals surface area contributed by atoms with Crippen LogP contribution in [0.25, 0.3) is 5.70 Å². The Hall–Kier alpha value is -2.50. The zero-order chi connectivity index (χ0) is 15.1. The van der Waals surface area contributed by atoms with E-state index >= 15 is 0 Å². The van der Waals surface area contributed by atoms with Gasteiger partial charge in [0.2, 0.25) is 5.91 Å². The molecule has 1 aliphatic rings. The second-order valence-electron chi connectivity index (χ2n) is 3.67. The Morgan fingerprint density at radius 1 is 1.40 bits per heavy atom. The van der Waals surface area contributed by atoms with Gasteiger partial charge < -0.3 is 5.32 Å². The van der Waals surface area contributed by atoms with Crippen LogP contribution in [0.5, 0.6) is 0 Å². The Bertz CT molecular complexity index is 582. The van der Waals surface area contributed by atoms with E-state index < -0.39 is 0 Å². The number of fused-ring (bicyclic) bond motifs is 1. The summed E-state index contributed by atoms with van der Waals surface area (Å²) in [7, 11) is 0. The number of amides is 1. The Labute approximate surface area is 117 Å². The fraction of sp³-hybridized carbons (Fsp3) is 0.286. The predicted octanol–water partition coefficient (Wildman–Crippen LogP) is 1.72. The number of carbonyl (C=O) groups excluding carboxylic acids is 2. The van der Waals surface area contributed by atoms with Gasteiger partial charge in [-0.1, -0.05) is 37.8 Å². The molecule has 0 bridgehead atoms. The second-order valence-corrected chi connectivity index (χ2v) is 3.67. The zero-order valence-corrected chi connectivity index (χ0v) is 11.9. The SMILES string of the molecule is C=C/C=C1/NC(=O)Cc2c(C=O)nnn2/C1=C/C.CC. The van der Waals surface area contributed by atoms with E-state index in [2.05, 4.69) is 22.2 Å². The number of nitrogens with one attached hydrogen (secondary N) is 1. The monoisotopic (exact) mass is 274 g/mol. The quantitative estimate of drug-likeness (QED) is 0.833. The zero-order valence-electron chi connectivity index (χ0n) is 11.9. The summed E-state index contributed by atoms with van der Waals surface area (Å²) in [5, 5.41) is 10.4. The molecule has 20 heavy (non-hydrogen) atoms. The van der Waals surface area contributed by atoms with Crippen molar-refractivity contribution < 1.29 is 9.59 Å². The maximum Gasteiger partial charge on any atom is 0.230 e. The van der Waals surface area contributed by atoms with Gasteiger partial charge in [0.1, 0.15) is 5.69 Å². The molecule has 1 aromatic heterocycles. The van der Waals surface area contributed by atoms with E-state index in [1.807, 2.05) is 20.8 Å². The largest absolute Gasteiger partial charge is 0.324 e. The number of hydrogen-bond donors (Lipinski definition) is 1. The molecular formula is C14H18N4O2. The number of allylic oxidation sites excluding steroid dienone is 4. The first-order valence-corrected chi connectivity index (χ1v) is 6.40. The number of carbonyl (C=O) groups is 2. The van der Waals surface area contributed by atoms with Crippen molar-refractivity contribution in [2.75, 3.05) is 0 Å².